The predicted octanol–water partition coefficient (Wildman–Crippen LogP) is 3.23. The first-order valence-corrected chi connectivity index (χ1v) is 8.25. The van der Waals surface area contributed by atoms with Crippen LogP contribution in [0.1, 0.15) is 51.3 Å². The van der Waals surface area contributed by atoms with Gasteiger partial charge in [-0.25, -0.2) is 4.98 Å². The number of hydrogen-bond acceptors (Lipinski definition) is 3. The zero-order valence-corrected chi connectivity index (χ0v) is 12.6. The van der Waals surface area contributed by atoms with Crippen molar-refractivity contribution in [3.8, 4) is 0 Å². The van der Waals surface area contributed by atoms with Crippen molar-refractivity contribution in [2.24, 2.45) is 0 Å². The largest absolute Gasteiger partial charge is 0.332 e. The van der Waals surface area contributed by atoms with Crippen LogP contribution in [0.4, 0.5) is 0 Å². The molecule has 3 nitrogen and oxygen atoms in total. The lowest BCUT2D eigenvalue weighted by molar-refractivity contribution is 0.444. The molecule has 2 heterocycles. The number of thioether (sulfide) groups is 1. The Morgan fingerprint density at radius 3 is 2.83 bits per heavy atom. The minimum absolute atomic E-state index is 0.355. The molecule has 0 spiro atoms. The molecule has 1 saturated heterocycles. The summed E-state index contributed by atoms with van der Waals surface area (Å²) in [5, 5.41) is 3.57. The molecule has 2 rings (SSSR count). The van der Waals surface area contributed by atoms with Crippen LogP contribution < -0.4 is 5.32 Å². The average molecular weight is 267 g/mol. The molecule has 0 amide bonds. The molecule has 0 saturated carbocycles. The van der Waals surface area contributed by atoms with Gasteiger partial charge in [0.25, 0.3) is 0 Å². The second-order valence-corrected chi connectivity index (χ2v) is 6.46. The molecule has 1 aromatic rings. The molecule has 4 heteroatoms. The van der Waals surface area contributed by atoms with Crippen LogP contribution in [0.25, 0.3) is 0 Å². The fourth-order valence-corrected chi connectivity index (χ4v) is 3.67. The van der Waals surface area contributed by atoms with E-state index < -0.39 is 0 Å². The molecule has 1 aromatic heterocycles. The fourth-order valence-electron chi connectivity index (χ4n) is 2.83. The van der Waals surface area contributed by atoms with Gasteiger partial charge >= 0.3 is 0 Å². The first-order valence-electron chi connectivity index (χ1n) is 7.03. The Hall–Kier alpha value is -0.480. The van der Waals surface area contributed by atoms with Crippen LogP contribution in [0.3, 0.4) is 0 Å². The number of imidazole rings is 1. The van der Waals surface area contributed by atoms with E-state index in [9.17, 15) is 0 Å². The molecule has 102 valence electrons. The number of rotatable bonds is 6. The van der Waals surface area contributed by atoms with E-state index in [1.807, 2.05) is 24.3 Å². The first-order chi connectivity index (χ1) is 8.74. The molecule has 1 aliphatic rings. The van der Waals surface area contributed by atoms with Crippen LogP contribution >= 0.6 is 11.8 Å². The second-order valence-electron chi connectivity index (χ2n) is 5.19. The maximum atomic E-state index is 4.37. The van der Waals surface area contributed by atoms with Gasteiger partial charge in [0.15, 0.2) is 0 Å². The molecule has 1 aliphatic heterocycles. The predicted molar refractivity (Wildman–Crippen MR) is 79.0 cm³/mol. The van der Waals surface area contributed by atoms with Gasteiger partial charge in [-0.15, -0.1) is 0 Å². The molecule has 0 bridgehead atoms. The molecule has 18 heavy (non-hydrogen) atoms. The highest BCUT2D eigenvalue weighted by Gasteiger charge is 2.28. The standard InChI is InChI=1S/C14H25N3S/c1-4-14(5-2,18-3)10-17-11-15-9-13(17)12-7-6-8-16-12/h9,11-12,16H,4-8,10H2,1-3H3/t12-/m0/s1. The lowest BCUT2D eigenvalue weighted by Gasteiger charge is -2.31. The van der Waals surface area contributed by atoms with Gasteiger partial charge in [-0.05, 0) is 38.5 Å². The van der Waals surface area contributed by atoms with Gasteiger partial charge in [-0.1, -0.05) is 13.8 Å². The van der Waals surface area contributed by atoms with E-state index in [1.165, 1.54) is 31.4 Å². The van der Waals surface area contributed by atoms with Crippen LogP contribution in [-0.4, -0.2) is 27.1 Å². The molecule has 1 atom stereocenters. The summed E-state index contributed by atoms with van der Waals surface area (Å²) in [5.41, 5.74) is 1.37. The van der Waals surface area contributed by atoms with Crippen LogP contribution in [0, 0.1) is 0 Å². The zero-order valence-electron chi connectivity index (χ0n) is 11.8. The van der Waals surface area contributed by atoms with E-state index in [0.29, 0.717) is 10.8 Å². The van der Waals surface area contributed by atoms with E-state index in [-0.39, 0.29) is 0 Å². The lowest BCUT2D eigenvalue weighted by Crippen LogP contribution is -2.30. The summed E-state index contributed by atoms with van der Waals surface area (Å²) in [6.45, 7) is 6.81. The third kappa shape index (κ3) is 2.75. The highest BCUT2D eigenvalue weighted by molar-refractivity contribution is 8.00. The SMILES string of the molecule is CCC(CC)(Cn1cncc1[C@@H]1CCCN1)SC. The Labute approximate surface area is 115 Å². The molecule has 1 N–H and O–H groups in total. The quantitative estimate of drug-likeness (QED) is 0.858. The topological polar surface area (TPSA) is 29.9 Å². The average Bonchev–Trinajstić information content (AvgIpc) is 3.06. The summed E-state index contributed by atoms with van der Waals surface area (Å²) in [4.78, 5) is 4.37. The van der Waals surface area contributed by atoms with Crippen molar-refractivity contribution in [1.82, 2.24) is 14.9 Å². The van der Waals surface area contributed by atoms with Crippen LogP contribution in [0.15, 0.2) is 12.5 Å². The summed E-state index contributed by atoms with van der Waals surface area (Å²) >= 11 is 2.00. The Kier molecular flexibility index (Phi) is 4.73. The molecule has 0 aromatic carbocycles. The van der Waals surface area contributed by atoms with Crippen molar-refractivity contribution >= 4 is 11.8 Å². The van der Waals surface area contributed by atoms with Crippen LogP contribution in [0.5, 0.6) is 0 Å². The molecule has 0 unspecified atom stereocenters. The van der Waals surface area contributed by atoms with Crippen molar-refractivity contribution in [2.75, 3.05) is 12.8 Å². The normalized spacial score (nSPS) is 20.5. The van der Waals surface area contributed by atoms with Crippen molar-refractivity contribution in [2.45, 2.75) is 56.9 Å². The van der Waals surface area contributed by atoms with Gasteiger partial charge in [-0.3, -0.25) is 0 Å². The maximum Gasteiger partial charge on any atom is 0.0949 e. The van der Waals surface area contributed by atoms with E-state index in [4.69, 9.17) is 0 Å². The van der Waals surface area contributed by atoms with Crippen molar-refractivity contribution in [1.29, 1.82) is 0 Å². The number of hydrogen-bond donors (Lipinski definition) is 1. The van der Waals surface area contributed by atoms with Crippen molar-refractivity contribution in [3.05, 3.63) is 18.2 Å². The van der Waals surface area contributed by atoms with Gasteiger partial charge < -0.3 is 9.88 Å². The van der Waals surface area contributed by atoms with Gasteiger partial charge in [0.1, 0.15) is 0 Å². The Bertz CT molecular complexity index is 357. The second kappa shape index (κ2) is 6.11. The maximum absolute atomic E-state index is 4.37. The highest BCUT2D eigenvalue weighted by Crippen LogP contribution is 2.33. The Balaban J connectivity index is 2.15. The highest BCUT2D eigenvalue weighted by atomic mass is 32.2. The summed E-state index contributed by atoms with van der Waals surface area (Å²) in [7, 11) is 0. The third-order valence-electron chi connectivity index (χ3n) is 4.34. The van der Waals surface area contributed by atoms with Gasteiger partial charge in [0.05, 0.1) is 12.0 Å². The summed E-state index contributed by atoms with van der Waals surface area (Å²) in [6.07, 6.45) is 11.2. The molecule has 1 fully saturated rings. The lowest BCUT2D eigenvalue weighted by atomic mass is 10.0. The Morgan fingerprint density at radius 1 is 1.50 bits per heavy atom. The van der Waals surface area contributed by atoms with Crippen LogP contribution in [-0.2, 0) is 6.54 Å². The van der Waals surface area contributed by atoms with Crippen LogP contribution in [0.2, 0.25) is 0 Å². The van der Waals surface area contributed by atoms with E-state index >= 15 is 0 Å². The number of aromatic nitrogens is 2. The van der Waals surface area contributed by atoms with Gasteiger partial charge in [0.2, 0.25) is 0 Å². The van der Waals surface area contributed by atoms with E-state index in [0.717, 1.165) is 13.1 Å². The fraction of sp³-hybridized carbons (Fsp3) is 0.786. The van der Waals surface area contributed by atoms with Gasteiger partial charge in [0, 0.05) is 23.5 Å². The minimum atomic E-state index is 0.355. The zero-order chi connectivity index (χ0) is 13.0. The van der Waals surface area contributed by atoms with Gasteiger partial charge in [-0.2, -0.15) is 11.8 Å². The Morgan fingerprint density at radius 2 is 2.28 bits per heavy atom. The first kappa shape index (κ1) is 13.9. The molecular formula is C14H25N3S. The molecule has 0 aliphatic carbocycles. The van der Waals surface area contributed by atoms with E-state index in [1.54, 1.807) is 0 Å². The van der Waals surface area contributed by atoms with Crippen molar-refractivity contribution in [3.63, 3.8) is 0 Å². The third-order valence-corrected chi connectivity index (χ3v) is 5.91. The summed E-state index contributed by atoms with van der Waals surface area (Å²) < 4.78 is 2.72. The summed E-state index contributed by atoms with van der Waals surface area (Å²) in [5.74, 6) is 0. The number of nitrogens with zero attached hydrogens (tertiary/aromatic N) is 2. The monoisotopic (exact) mass is 267 g/mol. The van der Waals surface area contributed by atoms with E-state index in [2.05, 4.69) is 35.0 Å². The minimum Gasteiger partial charge on any atom is -0.332 e. The summed E-state index contributed by atoms with van der Waals surface area (Å²) in [6, 6.07) is 0.515. The smallest absolute Gasteiger partial charge is 0.0949 e. The van der Waals surface area contributed by atoms with Crippen molar-refractivity contribution < 1.29 is 0 Å². The molecular weight excluding hydrogens is 242 g/mol. The molecule has 0 radical (unpaired) electrons. The number of nitrogens with one attached hydrogen (secondary N) is 1.